The Bertz CT molecular complexity index is 1390. The molecule has 0 saturated heterocycles. The third-order valence-corrected chi connectivity index (χ3v) is 5.88. The number of para-hydroxylation sites is 2. The number of phenolic OH excluding ortho intramolecular Hbond substituents is 1. The number of aromatic carboxylic acids is 1. The van der Waals surface area contributed by atoms with Crippen molar-refractivity contribution in [3.8, 4) is 11.5 Å². The zero-order chi connectivity index (χ0) is 24.9. The Labute approximate surface area is 193 Å². The second kappa shape index (κ2) is 9.87. The fourth-order valence-corrected chi connectivity index (χ4v) is 3.97. The van der Waals surface area contributed by atoms with Crippen molar-refractivity contribution in [2.24, 2.45) is 5.10 Å². The molecule has 13 heteroatoms. The Morgan fingerprint density at radius 2 is 1.85 bits per heavy atom. The Balaban J connectivity index is 1.89. The van der Waals surface area contributed by atoms with Crippen molar-refractivity contribution in [3.63, 3.8) is 0 Å². The summed E-state index contributed by atoms with van der Waals surface area (Å²) in [6, 6.07) is 13.1. The first-order chi connectivity index (χ1) is 16.1. The minimum absolute atomic E-state index is 0.117. The molecule has 0 saturated carbocycles. The van der Waals surface area contributed by atoms with Gasteiger partial charge < -0.3 is 14.9 Å². The molecule has 3 rings (SSSR count). The summed E-state index contributed by atoms with van der Waals surface area (Å²) < 4.78 is 32.6. The van der Waals surface area contributed by atoms with Gasteiger partial charge >= 0.3 is 5.97 Å². The predicted molar refractivity (Wildman–Crippen MR) is 123 cm³/mol. The molecule has 0 aliphatic rings. The van der Waals surface area contributed by atoms with Gasteiger partial charge in [0.05, 0.1) is 34.4 Å². The molecule has 0 aromatic heterocycles. The standard InChI is InChI=1S/C21H18N4O8S/c1-33-19-8-4-5-13(20(19)26)12-22-23-17-10-9-14(11-18(17)25(29)30)34(31,32)24-16-7-3-2-6-15(16)21(27)28/h2-12,23-24,26H,1H3,(H,27,28)/b22-12-. The molecule has 0 aliphatic carbocycles. The lowest BCUT2D eigenvalue weighted by Gasteiger charge is -2.11. The summed E-state index contributed by atoms with van der Waals surface area (Å²) in [4.78, 5) is 21.6. The lowest BCUT2D eigenvalue weighted by Crippen LogP contribution is -2.16. The van der Waals surface area contributed by atoms with Gasteiger partial charge in [-0.3, -0.25) is 20.3 Å². The van der Waals surface area contributed by atoms with Crippen LogP contribution in [-0.2, 0) is 10.0 Å². The fourth-order valence-electron chi connectivity index (χ4n) is 2.87. The molecule has 3 aromatic carbocycles. The Hall–Kier alpha value is -4.65. The fraction of sp³-hybridized carbons (Fsp3) is 0.0476. The molecule has 0 heterocycles. The average molecular weight is 486 g/mol. The summed E-state index contributed by atoms with van der Waals surface area (Å²) >= 11 is 0. The maximum atomic E-state index is 12.7. The van der Waals surface area contributed by atoms with Gasteiger partial charge in [-0.05, 0) is 36.4 Å². The number of sulfonamides is 1. The molecule has 0 radical (unpaired) electrons. The molecular weight excluding hydrogens is 468 g/mol. The lowest BCUT2D eigenvalue weighted by molar-refractivity contribution is -0.384. The first kappa shape index (κ1) is 24.0. The topological polar surface area (TPSA) is 180 Å². The number of phenols is 1. The number of ether oxygens (including phenoxy) is 1. The molecule has 0 bridgehead atoms. The highest BCUT2D eigenvalue weighted by molar-refractivity contribution is 7.92. The monoisotopic (exact) mass is 486 g/mol. The summed E-state index contributed by atoms with van der Waals surface area (Å²) in [6.45, 7) is 0. The van der Waals surface area contributed by atoms with Crippen molar-refractivity contribution >= 4 is 39.3 Å². The Kier molecular flexibility index (Phi) is 6.97. The number of nitrogens with one attached hydrogen (secondary N) is 2. The van der Waals surface area contributed by atoms with Crippen LogP contribution in [-0.4, -0.2) is 42.8 Å². The predicted octanol–water partition coefficient (Wildman–Crippen LogP) is 3.25. The Morgan fingerprint density at radius 1 is 1.12 bits per heavy atom. The molecule has 3 aromatic rings. The second-order valence-corrected chi connectivity index (χ2v) is 8.34. The molecule has 12 nitrogen and oxygen atoms in total. The minimum atomic E-state index is -4.35. The van der Waals surface area contributed by atoms with E-state index in [4.69, 9.17) is 4.74 Å². The van der Waals surface area contributed by atoms with Gasteiger partial charge in [-0.15, -0.1) is 0 Å². The third kappa shape index (κ3) is 5.21. The maximum absolute atomic E-state index is 12.7. The summed E-state index contributed by atoms with van der Waals surface area (Å²) in [7, 11) is -2.97. The molecule has 0 unspecified atom stereocenters. The zero-order valence-corrected chi connectivity index (χ0v) is 18.3. The largest absolute Gasteiger partial charge is 0.504 e. The van der Waals surface area contributed by atoms with E-state index in [1.165, 1.54) is 49.7 Å². The van der Waals surface area contributed by atoms with Crippen LogP contribution in [0.5, 0.6) is 11.5 Å². The summed E-state index contributed by atoms with van der Waals surface area (Å²) in [6.07, 6.45) is 1.20. The number of aromatic hydroxyl groups is 1. The highest BCUT2D eigenvalue weighted by Gasteiger charge is 2.23. The van der Waals surface area contributed by atoms with E-state index < -0.39 is 31.5 Å². The van der Waals surface area contributed by atoms with Crippen molar-refractivity contribution in [3.05, 3.63) is 81.9 Å². The number of rotatable bonds is 9. The van der Waals surface area contributed by atoms with Crippen LogP contribution in [0.1, 0.15) is 15.9 Å². The summed E-state index contributed by atoms with van der Waals surface area (Å²) in [5, 5.41) is 34.7. The van der Waals surface area contributed by atoms with E-state index in [-0.39, 0.29) is 34.0 Å². The van der Waals surface area contributed by atoms with Crippen molar-refractivity contribution in [2.45, 2.75) is 4.90 Å². The van der Waals surface area contributed by atoms with Crippen LogP contribution >= 0.6 is 0 Å². The molecular formula is C21H18N4O8S. The number of hydrogen-bond acceptors (Lipinski definition) is 9. The molecule has 0 spiro atoms. The third-order valence-electron chi connectivity index (χ3n) is 4.52. The van der Waals surface area contributed by atoms with Crippen LogP contribution in [0.15, 0.2) is 70.7 Å². The van der Waals surface area contributed by atoms with Crippen LogP contribution in [0.4, 0.5) is 17.1 Å². The number of benzene rings is 3. The van der Waals surface area contributed by atoms with Crippen molar-refractivity contribution in [2.75, 3.05) is 17.3 Å². The van der Waals surface area contributed by atoms with E-state index in [1.807, 2.05) is 0 Å². The Morgan fingerprint density at radius 3 is 2.53 bits per heavy atom. The van der Waals surface area contributed by atoms with Crippen molar-refractivity contribution < 1.29 is 33.1 Å². The molecule has 34 heavy (non-hydrogen) atoms. The molecule has 0 atom stereocenters. The number of hydrogen-bond donors (Lipinski definition) is 4. The van der Waals surface area contributed by atoms with Gasteiger partial charge in [0.2, 0.25) is 0 Å². The van der Waals surface area contributed by atoms with Gasteiger partial charge in [0.25, 0.3) is 15.7 Å². The smallest absolute Gasteiger partial charge is 0.337 e. The number of anilines is 2. The van der Waals surface area contributed by atoms with Crippen LogP contribution < -0.4 is 14.9 Å². The van der Waals surface area contributed by atoms with Gasteiger partial charge in [-0.2, -0.15) is 5.10 Å². The summed E-state index contributed by atoms with van der Waals surface area (Å²) in [5.41, 5.74) is 1.53. The molecule has 0 aliphatic heterocycles. The molecule has 0 amide bonds. The van der Waals surface area contributed by atoms with Gasteiger partial charge in [0.1, 0.15) is 5.69 Å². The molecule has 0 fully saturated rings. The van der Waals surface area contributed by atoms with E-state index >= 15 is 0 Å². The zero-order valence-electron chi connectivity index (χ0n) is 17.5. The summed E-state index contributed by atoms with van der Waals surface area (Å²) in [5.74, 6) is -1.32. The average Bonchev–Trinajstić information content (AvgIpc) is 2.80. The first-order valence-electron chi connectivity index (χ1n) is 9.42. The normalized spacial score (nSPS) is 11.2. The van der Waals surface area contributed by atoms with Crippen LogP contribution in [0.3, 0.4) is 0 Å². The van der Waals surface area contributed by atoms with E-state index in [9.17, 15) is 33.5 Å². The van der Waals surface area contributed by atoms with Gasteiger partial charge in [0.15, 0.2) is 11.5 Å². The number of nitrogens with zero attached hydrogens (tertiary/aromatic N) is 2. The van der Waals surface area contributed by atoms with Crippen LogP contribution in [0.25, 0.3) is 0 Å². The number of carboxylic acids is 1. The highest BCUT2D eigenvalue weighted by Crippen LogP contribution is 2.30. The number of carbonyl (C=O) groups is 1. The quantitative estimate of drug-likeness (QED) is 0.200. The number of methoxy groups -OCH3 is 1. The minimum Gasteiger partial charge on any atom is -0.504 e. The van der Waals surface area contributed by atoms with Gasteiger partial charge in [-0.25, -0.2) is 13.2 Å². The van der Waals surface area contributed by atoms with Gasteiger partial charge in [0, 0.05) is 11.6 Å². The maximum Gasteiger partial charge on any atom is 0.337 e. The van der Waals surface area contributed by atoms with Crippen LogP contribution in [0.2, 0.25) is 0 Å². The number of hydrazone groups is 1. The number of nitro benzene ring substituents is 1. The van der Waals surface area contributed by atoms with Crippen LogP contribution in [0, 0.1) is 10.1 Å². The second-order valence-electron chi connectivity index (χ2n) is 6.66. The first-order valence-corrected chi connectivity index (χ1v) is 10.9. The van der Waals surface area contributed by atoms with Crippen molar-refractivity contribution in [1.82, 2.24) is 0 Å². The molecule has 176 valence electrons. The van der Waals surface area contributed by atoms with E-state index in [0.717, 1.165) is 18.2 Å². The van der Waals surface area contributed by atoms with E-state index in [0.29, 0.717) is 0 Å². The van der Waals surface area contributed by atoms with Gasteiger partial charge in [-0.1, -0.05) is 18.2 Å². The van der Waals surface area contributed by atoms with E-state index in [2.05, 4.69) is 15.2 Å². The molecule has 4 N–H and O–H groups in total. The van der Waals surface area contributed by atoms with Crippen molar-refractivity contribution in [1.29, 1.82) is 0 Å². The highest BCUT2D eigenvalue weighted by atomic mass is 32.2. The number of nitro groups is 1. The number of carboxylic acid groups (broad SMARTS) is 1. The SMILES string of the molecule is COc1cccc(/C=N\Nc2ccc(S(=O)(=O)Nc3ccccc3C(=O)O)cc2[N+](=O)[O-])c1O. The van der Waals surface area contributed by atoms with E-state index in [1.54, 1.807) is 6.07 Å². The lowest BCUT2D eigenvalue weighted by atomic mass is 10.2.